The minimum absolute atomic E-state index is 0.0391. The van der Waals surface area contributed by atoms with Crippen LogP contribution >= 0.6 is 23.5 Å². The van der Waals surface area contributed by atoms with Crippen LogP contribution in [0, 0.1) is 0 Å². The Labute approximate surface area is 154 Å². The number of amides is 2. The fourth-order valence-electron chi connectivity index (χ4n) is 3.73. The quantitative estimate of drug-likeness (QED) is 0.566. The highest BCUT2D eigenvalue weighted by atomic mass is 32.2. The second-order valence-electron chi connectivity index (χ2n) is 6.85. The van der Waals surface area contributed by atoms with Crippen LogP contribution in [-0.4, -0.2) is 64.5 Å². The molecule has 4 N–H and O–H groups in total. The second kappa shape index (κ2) is 8.98. The van der Waals surface area contributed by atoms with E-state index in [0.29, 0.717) is 21.9 Å². The normalized spacial score (nSPS) is 37.0. The summed E-state index contributed by atoms with van der Waals surface area (Å²) in [6.45, 7) is 7.08. The van der Waals surface area contributed by atoms with Gasteiger partial charge in [-0.05, 0) is 38.4 Å². The molecule has 8 heteroatoms. The lowest BCUT2D eigenvalue weighted by Crippen LogP contribution is -2.53. The fraction of sp³-hybridized carbons (Fsp3) is 0.938. The van der Waals surface area contributed by atoms with Crippen LogP contribution in [0.1, 0.15) is 39.5 Å². The van der Waals surface area contributed by atoms with Crippen LogP contribution in [0.25, 0.3) is 0 Å². The average Bonchev–Trinajstić information content (AvgIpc) is 3.28. The van der Waals surface area contributed by atoms with E-state index >= 15 is 0 Å². The van der Waals surface area contributed by atoms with Crippen molar-refractivity contribution in [3.05, 3.63) is 0 Å². The fourth-order valence-corrected chi connectivity index (χ4v) is 6.42. The SMILES string of the molecule is CCC1NC(C)SC1CNC(=O)NC1CCNN1CC1CCCS1. The molecule has 3 aliphatic heterocycles. The monoisotopic (exact) mass is 373 g/mol. The summed E-state index contributed by atoms with van der Waals surface area (Å²) in [6, 6.07) is 0.456. The highest BCUT2D eigenvalue weighted by molar-refractivity contribution is 8.00. The van der Waals surface area contributed by atoms with Gasteiger partial charge < -0.3 is 16.0 Å². The maximum Gasteiger partial charge on any atom is 0.316 e. The van der Waals surface area contributed by atoms with Gasteiger partial charge in [0.2, 0.25) is 0 Å². The van der Waals surface area contributed by atoms with Gasteiger partial charge in [-0.15, -0.1) is 11.8 Å². The number of carbonyl (C=O) groups excluding carboxylic acids is 1. The molecule has 3 heterocycles. The first-order valence-electron chi connectivity index (χ1n) is 9.23. The Morgan fingerprint density at radius 2 is 2.25 bits per heavy atom. The number of carbonyl (C=O) groups is 1. The molecular formula is C16H31N5OS2. The standard InChI is InChI=1S/C16H31N5OS2/c1-3-13-14(24-11(2)19-13)9-17-16(22)20-15-6-7-18-21(15)10-12-5-4-8-23-12/h11-15,18-19H,3-10H2,1-2H3,(H2,17,20,22). The van der Waals surface area contributed by atoms with E-state index in [1.165, 1.54) is 18.6 Å². The van der Waals surface area contributed by atoms with Crippen molar-refractivity contribution in [1.29, 1.82) is 0 Å². The molecule has 5 atom stereocenters. The van der Waals surface area contributed by atoms with Crippen LogP contribution in [0.4, 0.5) is 4.79 Å². The number of thioether (sulfide) groups is 2. The summed E-state index contributed by atoms with van der Waals surface area (Å²) >= 11 is 3.99. The van der Waals surface area contributed by atoms with Gasteiger partial charge in [-0.1, -0.05) is 6.92 Å². The summed E-state index contributed by atoms with van der Waals surface area (Å²) in [4.78, 5) is 12.3. The van der Waals surface area contributed by atoms with Crippen molar-refractivity contribution < 1.29 is 4.79 Å². The molecule has 3 rings (SSSR count). The molecule has 24 heavy (non-hydrogen) atoms. The molecule has 0 aliphatic carbocycles. The first-order chi connectivity index (χ1) is 11.7. The van der Waals surface area contributed by atoms with Crippen LogP contribution in [0.5, 0.6) is 0 Å². The average molecular weight is 374 g/mol. The molecule has 138 valence electrons. The van der Waals surface area contributed by atoms with Gasteiger partial charge in [0.1, 0.15) is 0 Å². The lowest BCUT2D eigenvalue weighted by atomic mass is 10.1. The number of hydrogen-bond acceptors (Lipinski definition) is 6. The topological polar surface area (TPSA) is 68.4 Å². The highest BCUT2D eigenvalue weighted by Gasteiger charge is 2.32. The van der Waals surface area contributed by atoms with Gasteiger partial charge in [0, 0.05) is 36.2 Å². The summed E-state index contributed by atoms with van der Waals surface area (Å²) < 4.78 is 0. The maximum absolute atomic E-state index is 12.3. The highest BCUT2D eigenvalue weighted by Crippen LogP contribution is 2.28. The van der Waals surface area contributed by atoms with Crippen molar-refractivity contribution in [3.8, 4) is 0 Å². The molecule has 3 fully saturated rings. The minimum atomic E-state index is -0.0391. The molecule has 0 aromatic heterocycles. The second-order valence-corrected chi connectivity index (χ2v) is 9.85. The molecule has 0 aromatic rings. The minimum Gasteiger partial charge on any atom is -0.337 e. The van der Waals surface area contributed by atoms with Crippen LogP contribution < -0.4 is 21.4 Å². The van der Waals surface area contributed by atoms with E-state index in [9.17, 15) is 4.79 Å². The van der Waals surface area contributed by atoms with E-state index in [4.69, 9.17) is 0 Å². The molecule has 6 nitrogen and oxygen atoms in total. The number of nitrogens with one attached hydrogen (secondary N) is 4. The van der Waals surface area contributed by atoms with E-state index in [-0.39, 0.29) is 12.2 Å². The van der Waals surface area contributed by atoms with Crippen molar-refractivity contribution in [1.82, 2.24) is 26.4 Å². The molecule has 2 amide bonds. The lowest BCUT2D eigenvalue weighted by molar-refractivity contribution is 0.160. The molecule has 0 radical (unpaired) electrons. The van der Waals surface area contributed by atoms with Crippen molar-refractivity contribution in [3.63, 3.8) is 0 Å². The Morgan fingerprint density at radius 3 is 3.00 bits per heavy atom. The van der Waals surface area contributed by atoms with Gasteiger partial charge >= 0.3 is 6.03 Å². The van der Waals surface area contributed by atoms with E-state index in [0.717, 1.165) is 32.5 Å². The van der Waals surface area contributed by atoms with Gasteiger partial charge in [0.25, 0.3) is 0 Å². The van der Waals surface area contributed by atoms with Crippen molar-refractivity contribution in [2.45, 2.75) is 67.6 Å². The Balaban J connectivity index is 1.40. The predicted molar refractivity (Wildman–Crippen MR) is 103 cm³/mol. The van der Waals surface area contributed by atoms with Crippen molar-refractivity contribution in [2.24, 2.45) is 0 Å². The Morgan fingerprint density at radius 1 is 1.38 bits per heavy atom. The maximum atomic E-state index is 12.3. The smallest absolute Gasteiger partial charge is 0.316 e. The third kappa shape index (κ3) is 4.94. The number of urea groups is 1. The summed E-state index contributed by atoms with van der Waals surface area (Å²) in [6.07, 6.45) is 4.81. The van der Waals surface area contributed by atoms with Crippen LogP contribution in [0.2, 0.25) is 0 Å². The Bertz CT molecular complexity index is 421. The largest absolute Gasteiger partial charge is 0.337 e. The first kappa shape index (κ1) is 18.6. The predicted octanol–water partition coefficient (Wildman–Crippen LogP) is 1.55. The molecule has 5 unspecified atom stereocenters. The number of hydrazine groups is 1. The first-order valence-corrected chi connectivity index (χ1v) is 11.2. The summed E-state index contributed by atoms with van der Waals surface area (Å²) in [5.74, 6) is 1.28. The Kier molecular flexibility index (Phi) is 6.97. The number of hydrogen-bond donors (Lipinski definition) is 4. The third-order valence-corrected chi connectivity index (χ3v) is 7.78. The number of nitrogens with zero attached hydrogens (tertiary/aromatic N) is 1. The van der Waals surface area contributed by atoms with Gasteiger partial charge in [-0.3, -0.25) is 5.43 Å². The lowest BCUT2D eigenvalue weighted by Gasteiger charge is -2.27. The van der Waals surface area contributed by atoms with E-state index in [1.54, 1.807) is 0 Å². The Hall–Kier alpha value is -0.150. The molecule has 0 saturated carbocycles. The summed E-state index contributed by atoms with van der Waals surface area (Å²) in [7, 11) is 0. The van der Waals surface area contributed by atoms with Crippen LogP contribution in [0.15, 0.2) is 0 Å². The molecule has 3 aliphatic rings. The molecule has 3 saturated heterocycles. The van der Waals surface area contributed by atoms with Crippen LogP contribution in [-0.2, 0) is 0 Å². The van der Waals surface area contributed by atoms with E-state index in [1.807, 2.05) is 11.8 Å². The molecule has 0 spiro atoms. The third-order valence-electron chi connectivity index (χ3n) is 5.01. The van der Waals surface area contributed by atoms with Gasteiger partial charge in [0.05, 0.1) is 11.5 Å². The van der Waals surface area contributed by atoms with E-state index in [2.05, 4.69) is 52.0 Å². The van der Waals surface area contributed by atoms with Gasteiger partial charge in [-0.25, -0.2) is 9.80 Å². The van der Waals surface area contributed by atoms with E-state index < -0.39 is 0 Å². The summed E-state index contributed by atoms with van der Waals surface area (Å²) in [5, 5.41) is 13.7. The van der Waals surface area contributed by atoms with Gasteiger partial charge in [-0.2, -0.15) is 11.8 Å². The van der Waals surface area contributed by atoms with Crippen molar-refractivity contribution >= 4 is 29.6 Å². The molecular weight excluding hydrogens is 342 g/mol. The zero-order valence-electron chi connectivity index (χ0n) is 14.7. The van der Waals surface area contributed by atoms with Crippen LogP contribution in [0.3, 0.4) is 0 Å². The summed E-state index contributed by atoms with van der Waals surface area (Å²) in [5.41, 5.74) is 3.42. The zero-order valence-corrected chi connectivity index (χ0v) is 16.3. The molecule has 0 aromatic carbocycles. The zero-order chi connectivity index (χ0) is 16.9. The van der Waals surface area contributed by atoms with Crippen molar-refractivity contribution in [2.75, 3.05) is 25.4 Å². The number of rotatable bonds is 6. The molecule has 0 bridgehead atoms. The van der Waals surface area contributed by atoms with Gasteiger partial charge in [0.15, 0.2) is 0 Å².